The molecule has 0 bridgehead atoms. The Labute approximate surface area is 166 Å². The summed E-state index contributed by atoms with van der Waals surface area (Å²) in [6, 6.07) is 12.1. The van der Waals surface area contributed by atoms with Gasteiger partial charge in [0.15, 0.2) is 0 Å². The zero-order valence-electron chi connectivity index (χ0n) is 15.7. The van der Waals surface area contributed by atoms with E-state index in [1.54, 1.807) is 17.0 Å². The predicted molar refractivity (Wildman–Crippen MR) is 99.4 cm³/mol. The second kappa shape index (κ2) is 9.26. The molecule has 3 rings (SSSR count). The highest BCUT2D eigenvalue weighted by atomic mass is 19.4. The number of halogens is 4. The highest BCUT2D eigenvalue weighted by Crippen LogP contribution is 2.30. The summed E-state index contributed by atoms with van der Waals surface area (Å²) in [7, 11) is 0. The third-order valence-corrected chi connectivity index (χ3v) is 4.86. The van der Waals surface area contributed by atoms with Crippen LogP contribution in [0, 0.1) is 5.82 Å². The van der Waals surface area contributed by atoms with Gasteiger partial charge in [-0.05, 0) is 43.1 Å². The smallest absolute Gasteiger partial charge is 0.405 e. The Bertz CT molecular complexity index is 841. The molecule has 2 aromatic carbocycles. The van der Waals surface area contributed by atoms with Crippen molar-refractivity contribution in [3.8, 4) is 5.75 Å². The van der Waals surface area contributed by atoms with Crippen LogP contribution in [-0.4, -0.2) is 29.8 Å². The number of alkyl halides is 3. The molecule has 1 N–H and O–H groups in total. The first kappa shape index (κ1) is 21.1. The second-order valence-electron chi connectivity index (χ2n) is 6.97. The summed E-state index contributed by atoms with van der Waals surface area (Å²) in [5, 5.41) is 3.22. The van der Waals surface area contributed by atoms with Gasteiger partial charge < -0.3 is 15.0 Å². The number of nitrogens with zero attached hydrogens (tertiary/aromatic N) is 1. The van der Waals surface area contributed by atoms with Crippen LogP contribution in [-0.2, 0) is 17.9 Å². The van der Waals surface area contributed by atoms with Crippen molar-refractivity contribution in [2.75, 3.05) is 6.54 Å². The molecule has 1 fully saturated rings. The molecule has 156 valence electrons. The van der Waals surface area contributed by atoms with Gasteiger partial charge in [-0.1, -0.05) is 30.3 Å². The van der Waals surface area contributed by atoms with E-state index >= 15 is 0 Å². The molecule has 0 spiro atoms. The SMILES string of the molecule is O=C1CCC(CCNCc2cccc(F)c2)N1Cc1ccccc1OC(F)(F)F. The van der Waals surface area contributed by atoms with Crippen LogP contribution in [0.2, 0.25) is 0 Å². The lowest BCUT2D eigenvalue weighted by atomic mass is 10.1. The van der Waals surface area contributed by atoms with Crippen molar-refractivity contribution in [1.82, 2.24) is 10.2 Å². The van der Waals surface area contributed by atoms with E-state index in [-0.39, 0.29) is 30.1 Å². The van der Waals surface area contributed by atoms with Crippen LogP contribution in [0.1, 0.15) is 30.4 Å². The Hall–Kier alpha value is -2.61. The molecule has 0 aromatic heterocycles. The van der Waals surface area contributed by atoms with Crippen molar-refractivity contribution >= 4 is 5.91 Å². The van der Waals surface area contributed by atoms with Gasteiger partial charge in [-0.2, -0.15) is 0 Å². The van der Waals surface area contributed by atoms with Crippen LogP contribution in [0.15, 0.2) is 48.5 Å². The number of hydrogen-bond donors (Lipinski definition) is 1. The lowest BCUT2D eigenvalue weighted by Gasteiger charge is -2.26. The molecule has 1 amide bonds. The summed E-state index contributed by atoms with van der Waals surface area (Å²) in [5.41, 5.74) is 1.14. The Balaban J connectivity index is 1.57. The molecular weight excluding hydrogens is 388 g/mol. The minimum atomic E-state index is -4.79. The maximum Gasteiger partial charge on any atom is 0.573 e. The standard InChI is InChI=1S/C21H22F4N2O2/c22-17-6-3-4-15(12-17)13-26-11-10-18-8-9-20(28)27(18)14-16-5-1-2-7-19(16)29-21(23,24)25/h1-7,12,18,26H,8-11,13-14H2. The van der Waals surface area contributed by atoms with E-state index in [1.807, 2.05) is 6.07 Å². The first-order valence-electron chi connectivity index (χ1n) is 9.40. The minimum Gasteiger partial charge on any atom is -0.405 e. The van der Waals surface area contributed by atoms with Crippen LogP contribution >= 0.6 is 0 Å². The number of para-hydroxylation sites is 1. The number of likely N-dealkylation sites (tertiary alicyclic amines) is 1. The number of benzene rings is 2. The number of hydrogen-bond acceptors (Lipinski definition) is 3. The molecule has 1 unspecified atom stereocenters. The zero-order chi connectivity index (χ0) is 20.9. The van der Waals surface area contributed by atoms with E-state index < -0.39 is 6.36 Å². The molecule has 1 saturated heterocycles. The lowest BCUT2D eigenvalue weighted by Crippen LogP contribution is -2.35. The van der Waals surface area contributed by atoms with E-state index in [1.165, 1.54) is 30.3 Å². The molecule has 4 nitrogen and oxygen atoms in total. The minimum absolute atomic E-state index is 0.0681. The molecule has 0 saturated carbocycles. The van der Waals surface area contributed by atoms with Gasteiger partial charge in [0, 0.05) is 31.1 Å². The molecule has 1 aliphatic heterocycles. The average molecular weight is 410 g/mol. The first-order chi connectivity index (χ1) is 13.8. The van der Waals surface area contributed by atoms with Crippen LogP contribution < -0.4 is 10.1 Å². The number of carbonyl (C=O) groups is 1. The zero-order valence-corrected chi connectivity index (χ0v) is 15.7. The fourth-order valence-corrected chi connectivity index (χ4v) is 3.50. The Morgan fingerprint density at radius 2 is 1.93 bits per heavy atom. The van der Waals surface area contributed by atoms with Crippen LogP contribution in [0.5, 0.6) is 5.75 Å². The summed E-state index contributed by atoms with van der Waals surface area (Å²) in [6.07, 6.45) is -3.10. The van der Waals surface area contributed by atoms with E-state index in [9.17, 15) is 22.4 Å². The lowest BCUT2D eigenvalue weighted by molar-refractivity contribution is -0.275. The summed E-state index contributed by atoms with van der Waals surface area (Å²) in [5.74, 6) is -0.666. The van der Waals surface area contributed by atoms with Gasteiger partial charge in [-0.25, -0.2) is 4.39 Å². The summed E-state index contributed by atoms with van der Waals surface area (Å²) >= 11 is 0. The van der Waals surface area contributed by atoms with Gasteiger partial charge in [0.1, 0.15) is 11.6 Å². The van der Waals surface area contributed by atoms with Gasteiger partial charge in [0.05, 0.1) is 0 Å². The van der Waals surface area contributed by atoms with Crippen molar-refractivity contribution in [3.05, 3.63) is 65.5 Å². The maximum atomic E-state index is 13.2. The Morgan fingerprint density at radius 3 is 2.69 bits per heavy atom. The Morgan fingerprint density at radius 1 is 1.14 bits per heavy atom. The number of nitrogens with one attached hydrogen (secondary N) is 1. The average Bonchev–Trinajstić information content (AvgIpc) is 2.99. The Kier molecular flexibility index (Phi) is 6.74. The highest BCUT2D eigenvalue weighted by Gasteiger charge is 2.34. The number of rotatable bonds is 8. The molecular formula is C21H22F4N2O2. The summed E-state index contributed by atoms with van der Waals surface area (Å²) in [6.45, 7) is 1.17. The number of amides is 1. The number of ether oxygens (including phenoxy) is 1. The third kappa shape index (κ3) is 6.19. The van der Waals surface area contributed by atoms with Crippen molar-refractivity contribution in [1.29, 1.82) is 0 Å². The molecule has 1 atom stereocenters. The third-order valence-electron chi connectivity index (χ3n) is 4.86. The van der Waals surface area contributed by atoms with E-state index in [4.69, 9.17) is 0 Å². The quantitative estimate of drug-likeness (QED) is 0.518. The van der Waals surface area contributed by atoms with Crippen molar-refractivity contribution in [3.63, 3.8) is 0 Å². The van der Waals surface area contributed by atoms with Crippen molar-refractivity contribution in [2.45, 2.75) is 44.8 Å². The predicted octanol–water partition coefficient (Wildman–Crippen LogP) is 4.40. The molecule has 1 heterocycles. The maximum absolute atomic E-state index is 13.2. The fourth-order valence-electron chi connectivity index (χ4n) is 3.50. The molecule has 1 aliphatic rings. The van der Waals surface area contributed by atoms with E-state index in [0.29, 0.717) is 37.9 Å². The highest BCUT2D eigenvalue weighted by molar-refractivity contribution is 5.78. The second-order valence-corrected chi connectivity index (χ2v) is 6.97. The monoisotopic (exact) mass is 410 g/mol. The van der Waals surface area contributed by atoms with Crippen molar-refractivity contribution in [2.24, 2.45) is 0 Å². The van der Waals surface area contributed by atoms with Crippen LogP contribution in [0.4, 0.5) is 17.6 Å². The van der Waals surface area contributed by atoms with Crippen LogP contribution in [0.3, 0.4) is 0 Å². The molecule has 8 heteroatoms. The largest absolute Gasteiger partial charge is 0.573 e. The molecule has 0 radical (unpaired) electrons. The summed E-state index contributed by atoms with van der Waals surface area (Å²) < 4.78 is 55.2. The summed E-state index contributed by atoms with van der Waals surface area (Å²) in [4.78, 5) is 13.9. The molecule has 29 heavy (non-hydrogen) atoms. The van der Waals surface area contributed by atoms with Crippen LogP contribution in [0.25, 0.3) is 0 Å². The van der Waals surface area contributed by atoms with Crippen molar-refractivity contribution < 1.29 is 27.1 Å². The molecule has 2 aromatic rings. The van der Waals surface area contributed by atoms with E-state index in [2.05, 4.69) is 10.1 Å². The fraction of sp³-hybridized carbons (Fsp3) is 0.381. The number of carbonyl (C=O) groups excluding carboxylic acids is 1. The van der Waals surface area contributed by atoms with Gasteiger partial charge in [-0.15, -0.1) is 13.2 Å². The van der Waals surface area contributed by atoms with Gasteiger partial charge in [-0.3, -0.25) is 4.79 Å². The van der Waals surface area contributed by atoms with Gasteiger partial charge in [0.25, 0.3) is 0 Å². The molecule has 0 aliphatic carbocycles. The normalized spacial score (nSPS) is 17.0. The van der Waals surface area contributed by atoms with Gasteiger partial charge >= 0.3 is 6.36 Å². The first-order valence-corrected chi connectivity index (χ1v) is 9.40. The topological polar surface area (TPSA) is 41.6 Å². The van der Waals surface area contributed by atoms with E-state index in [0.717, 1.165) is 5.56 Å². The van der Waals surface area contributed by atoms with Gasteiger partial charge in [0.2, 0.25) is 5.91 Å².